The summed E-state index contributed by atoms with van der Waals surface area (Å²) in [6.45, 7) is 18.5. The van der Waals surface area contributed by atoms with E-state index in [1.54, 1.807) is 53.9 Å². The van der Waals surface area contributed by atoms with E-state index in [9.17, 15) is 14.4 Å². The van der Waals surface area contributed by atoms with Crippen molar-refractivity contribution >= 4 is 24.1 Å². The third-order valence-electron chi connectivity index (χ3n) is 6.46. The molecule has 0 aliphatic carbocycles. The number of esters is 1. The molecule has 0 fully saturated rings. The van der Waals surface area contributed by atoms with Crippen molar-refractivity contribution in [1.82, 2.24) is 20.8 Å². The quantitative estimate of drug-likeness (QED) is 0.126. The minimum atomic E-state index is -1.66. The lowest BCUT2D eigenvalue weighted by Gasteiger charge is -2.39. The third kappa shape index (κ3) is 11.3. The molecule has 1 aromatic heterocycles. The maximum Gasteiger partial charge on any atom is 0.431 e. The Hall–Kier alpha value is -4.13. The average Bonchev–Trinajstić information content (AvgIpc) is 2.92. The molecule has 3 N–H and O–H groups in total. The zero-order valence-electron chi connectivity index (χ0n) is 28.7. The Morgan fingerprint density at radius 1 is 0.826 bits per heavy atom. The number of hydrogen-bond donors (Lipinski definition) is 3. The molecule has 2 aromatic rings. The number of hydrogen-bond acceptors (Lipinski definition) is 11. The number of alkyl carbamates (subject to hydrolysis) is 1. The number of rotatable bonds is 10. The van der Waals surface area contributed by atoms with Gasteiger partial charge in [-0.05, 0) is 112 Å². The fourth-order valence-corrected chi connectivity index (χ4v) is 4.38. The Morgan fingerprint density at radius 2 is 1.43 bits per heavy atom. The summed E-state index contributed by atoms with van der Waals surface area (Å²) in [4.78, 5) is 52.0. The highest BCUT2D eigenvalue weighted by atomic mass is 16.7. The van der Waals surface area contributed by atoms with Crippen LogP contribution in [0.1, 0.15) is 87.6 Å². The van der Waals surface area contributed by atoms with Crippen LogP contribution in [-0.2, 0) is 30.3 Å². The van der Waals surface area contributed by atoms with Crippen LogP contribution in [0, 0.1) is 0 Å². The first-order chi connectivity index (χ1) is 21.2. The highest BCUT2D eigenvalue weighted by molar-refractivity contribution is 5.81. The van der Waals surface area contributed by atoms with Crippen molar-refractivity contribution in [3.8, 4) is 16.9 Å². The normalized spacial score (nSPS) is 16.2. The molecule has 2 atom stereocenters. The van der Waals surface area contributed by atoms with E-state index in [0.717, 1.165) is 16.7 Å². The number of carbonyl (C=O) groups excluding carboxylic acids is 3. The minimum absolute atomic E-state index is 0.421. The highest BCUT2D eigenvalue weighted by Crippen LogP contribution is 2.36. The summed E-state index contributed by atoms with van der Waals surface area (Å²) in [5, 5.41) is 5.87. The zero-order chi connectivity index (χ0) is 34.3. The summed E-state index contributed by atoms with van der Waals surface area (Å²) in [5.41, 5.74) is 1.19. The van der Waals surface area contributed by atoms with Crippen molar-refractivity contribution in [1.29, 1.82) is 0 Å². The van der Waals surface area contributed by atoms with E-state index < -0.39 is 46.7 Å². The van der Waals surface area contributed by atoms with E-state index in [1.165, 1.54) is 6.92 Å². The number of benzene rings is 1. The van der Waals surface area contributed by atoms with Gasteiger partial charge in [0.1, 0.15) is 28.7 Å². The molecule has 1 aliphatic rings. The van der Waals surface area contributed by atoms with Gasteiger partial charge in [0.05, 0.1) is 0 Å². The number of nitrogens with one attached hydrogen (secondary N) is 3. The Labute approximate surface area is 271 Å². The summed E-state index contributed by atoms with van der Waals surface area (Å²) in [7, 11) is 0. The van der Waals surface area contributed by atoms with E-state index >= 15 is 0 Å². The number of ether oxygens (including phenoxy) is 4. The lowest BCUT2D eigenvalue weighted by atomic mass is 9.89. The molecule has 0 radical (unpaired) electrons. The molecule has 46 heavy (non-hydrogen) atoms. The van der Waals surface area contributed by atoms with Crippen molar-refractivity contribution in [3.05, 3.63) is 36.2 Å². The van der Waals surface area contributed by atoms with Crippen molar-refractivity contribution in [2.45, 2.75) is 117 Å². The van der Waals surface area contributed by atoms with E-state index in [0.29, 0.717) is 44.0 Å². The van der Waals surface area contributed by atoms with Crippen molar-refractivity contribution in [3.63, 3.8) is 0 Å². The van der Waals surface area contributed by atoms with Gasteiger partial charge in [-0.15, -0.1) is 0 Å². The molecule has 3 rings (SSSR count). The molecular weight excluding hydrogens is 594 g/mol. The van der Waals surface area contributed by atoms with E-state index in [-0.39, 0.29) is 0 Å². The SMILES string of the molecule is CC(C)(C)OC(=O)NCCCNc1ncc(-c2ccc3c(c2)CC[C@H](C(C)(ONC(=O)OC(C)(C)C)C(=O)OC(C)(C)C)O3)cn1. The molecule has 13 nitrogen and oxygen atoms in total. The van der Waals surface area contributed by atoms with Crippen molar-refractivity contribution in [2.24, 2.45) is 0 Å². The number of anilines is 1. The van der Waals surface area contributed by atoms with Gasteiger partial charge in [0.15, 0.2) is 0 Å². The largest absolute Gasteiger partial charge is 0.486 e. The van der Waals surface area contributed by atoms with Crippen LogP contribution in [0.15, 0.2) is 30.6 Å². The summed E-state index contributed by atoms with van der Waals surface area (Å²) in [6, 6.07) is 5.72. The van der Waals surface area contributed by atoms with Crippen LogP contribution < -0.4 is 20.9 Å². The van der Waals surface area contributed by atoms with Gasteiger partial charge in [-0.25, -0.2) is 29.2 Å². The first kappa shape index (κ1) is 36.3. The van der Waals surface area contributed by atoms with Gasteiger partial charge < -0.3 is 29.6 Å². The fraction of sp³-hybridized carbons (Fsp3) is 0.606. The predicted molar refractivity (Wildman–Crippen MR) is 172 cm³/mol. The molecule has 0 spiro atoms. The molecule has 254 valence electrons. The zero-order valence-corrected chi connectivity index (χ0v) is 28.7. The maximum atomic E-state index is 13.4. The number of nitrogens with zero attached hydrogens (tertiary/aromatic N) is 2. The topological polar surface area (TPSA) is 159 Å². The molecule has 2 heterocycles. The van der Waals surface area contributed by atoms with Crippen LogP contribution in [0.3, 0.4) is 0 Å². The molecule has 1 unspecified atom stereocenters. The van der Waals surface area contributed by atoms with Crippen LogP contribution in [0.2, 0.25) is 0 Å². The van der Waals surface area contributed by atoms with E-state index in [2.05, 4.69) is 26.1 Å². The second kappa shape index (κ2) is 14.5. The molecule has 0 saturated heterocycles. The minimum Gasteiger partial charge on any atom is -0.486 e. The number of hydroxylamine groups is 1. The standard InChI is InChI=1S/C33H49N5O8/c1-30(2,3)43-26(39)33(10,46-38-29(41)45-32(7,8)9)25-15-13-22-18-21(12-14-24(22)42-25)23-19-36-27(37-20-23)34-16-11-17-35-28(40)44-31(4,5)6/h12,14,18-20,25H,11,13,15-17H2,1-10H3,(H,35,40)(H,38,41)(H,34,36,37)/t25-,33?/m1/s1. The Kier molecular flexibility index (Phi) is 11.5. The Balaban J connectivity index is 1.63. The second-order valence-corrected chi connectivity index (χ2v) is 14.3. The van der Waals surface area contributed by atoms with Crippen LogP contribution in [0.5, 0.6) is 5.75 Å². The Bertz CT molecular complexity index is 1360. The fourth-order valence-electron chi connectivity index (χ4n) is 4.38. The van der Waals surface area contributed by atoms with Gasteiger partial charge in [0.2, 0.25) is 11.5 Å². The average molecular weight is 644 g/mol. The monoisotopic (exact) mass is 643 g/mol. The number of aryl methyl sites for hydroxylation is 1. The van der Waals surface area contributed by atoms with Crippen LogP contribution >= 0.6 is 0 Å². The van der Waals surface area contributed by atoms with E-state index in [4.69, 9.17) is 23.8 Å². The number of amides is 2. The summed E-state index contributed by atoms with van der Waals surface area (Å²) < 4.78 is 22.4. The smallest absolute Gasteiger partial charge is 0.431 e. The van der Waals surface area contributed by atoms with Crippen molar-refractivity contribution < 1.29 is 38.2 Å². The van der Waals surface area contributed by atoms with E-state index in [1.807, 2.05) is 39.0 Å². The van der Waals surface area contributed by atoms with Gasteiger partial charge in [0, 0.05) is 31.0 Å². The van der Waals surface area contributed by atoms with Gasteiger partial charge in [-0.2, -0.15) is 5.48 Å². The summed E-state index contributed by atoms with van der Waals surface area (Å²) >= 11 is 0. The first-order valence-corrected chi connectivity index (χ1v) is 15.5. The third-order valence-corrected chi connectivity index (χ3v) is 6.46. The van der Waals surface area contributed by atoms with Gasteiger partial charge in [-0.1, -0.05) is 6.07 Å². The lowest BCUT2D eigenvalue weighted by molar-refractivity contribution is -0.205. The summed E-state index contributed by atoms with van der Waals surface area (Å²) in [6.07, 6.45) is 3.11. The second-order valence-electron chi connectivity index (χ2n) is 14.3. The molecule has 0 bridgehead atoms. The molecule has 2 amide bonds. The van der Waals surface area contributed by atoms with Gasteiger partial charge in [0.25, 0.3) is 0 Å². The number of fused-ring (bicyclic) bond motifs is 1. The van der Waals surface area contributed by atoms with Crippen LogP contribution in [0.25, 0.3) is 11.1 Å². The van der Waals surface area contributed by atoms with Crippen LogP contribution in [0.4, 0.5) is 15.5 Å². The van der Waals surface area contributed by atoms with Gasteiger partial charge >= 0.3 is 18.2 Å². The molecule has 0 saturated carbocycles. The summed E-state index contributed by atoms with van der Waals surface area (Å²) in [5.74, 6) is 0.396. The van der Waals surface area contributed by atoms with Crippen LogP contribution in [-0.4, -0.2) is 69.7 Å². The Morgan fingerprint density at radius 3 is 2.04 bits per heavy atom. The molecule has 13 heteroatoms. The van der Waals surface area contributed by atoms with Crippen molar-refractivity contribution in [2.75, 3.05) is 18.4 Å². The lowest BCUT2D eigenvalue weighted by Crippen LogP contribution is -2.58. The van der Waals surface area contributed by atoms with Gasteiger partial charge in [-0.3, -0.25) is 0 Å². The molecule has 1 aromatic carbocycles. The first-order valence-electron chi connectivity index (χ1n) is 15.5. The number of aromatic nitrogens is 2. The predicted octanol–water partition coefficient (Wildman–Crippen LogP) is 5.72. The molecular formula is C33H49N5O8. The maximum absolute atomic E-state index is 13.4. The number of carbonyl (C=O) groups is 3. The highest BCUT2D eigenvalue weighted by Gasteiger charge is 2.50. The molecule has 1 aliphatic heterocycles.